The number of fused-ring (bicyclic) bond motifs is 2. The van der Waals surface area contributed by atoms with E-state index in [0.717, 1.165) is 34.1 Å². The molecule has 302 valence electrons. The van der Waals surface area contributed by atoms with Gasteiger partial charge in [-0.1, -0.05) is 194 Å². The summed E-state index contributed by atoms with van der Waals surface area (Å²) in [7, 11) is 0. The Morgan fingerprint density at radius 2 is 0.422 bits per heavy atom. The molecule has 11 rings (SSSR count). The molecule has 0 amide bonds. The van der Waals surface area contributed by atoms with Crippen molar-refractivity contribution in [2.75, 3.05) is 9.80 Å². The van der Waals surface area contributed by atoms with Crippen LogP contribution in [0.2, 0.25) is 0 Å². The van der Waals surface area contributed by atoms with Gasteiger partial charge in [0.15, 0.2) is 0 Å². The van der Waals surface area contributed by atoms with Gasteiger partial charge in [0, 0.05) is 34.1 Å². The van der Waals surface area contributed by atoms with E-state index >= 15 is 0 Å². The zero-order valence-electron chi connectivity index (χ0n) is 35.3. The minimum Gasteiger partial charge on any atom is -0.311 e. The number of rotatable bonds is 10. The predicted molar refractivity (Wildman–Crippen MR) is 273 cm³/mol. The monoisotopic (exact) mass is 816 g/mol. The molecule has 0 bridgehead atoms. The predicted octanol–water partition coefficient (Wildman–Crippen LogP) is 17.6. The third-order valence-corrected chi connectivity index (χ3v) is 12.3. The first kappa shape index (κ1) is 38.5. The van der Waals surface area contributed by atoms with Gasteiger partial charge in [0.1, 0.15) is 0 Å². The molecule has 0 fully saturated rings. The van der Waals surface area contributed by atoms with Crippen molar-refractivity contribution >= 4 is 55.7 Å². The Morgan fingerprint density at radius 1 is 0.172 bits per heavy atom. The van der Waals surface area contributed by atoms with Crippen molar-refractivity contribution < 1.29 is 0 Å². The van der Waals surface area contributed by atoms with Crippen molar-refractivity contribution in [3.8, 4) is 44.5 Å². The number of nitrogens with zero attached hydrogens (tertiary/aromatic N) is 2. The summed E-state index contributed by atoms with van der Waals surface area (Å²) >= 11 is 0. The van der Waals surface area contributed by atoms with Crippen LogP contribution in [-0.2, 0) is 0 Å². The molecule has 0 aliphatic heterocycles. The van der Waals surface area contributed by atoms with Crippen LogP contribution in [0, 0.1) is 0 Å². The summed E-state index contributed by atoms with van der Waals surface area (Å²) in [5, 5.41) is 5.02. The zero-order valence-corrected chi connectivity index (χ0v) is 35.3. The highest BCUT2D eigenvalue weighted by atomic mass is 15.1. The van der Waals surface area contributed by atoms with Gasteiger partial charge in [0.05, 0.1) is 0 Å². The van der Waals surface area contributed by atoms with Crippen LogP contribution >= 0.6 is 0 Å². The molecule has 0 heterocycles. The molecule has 0 aliphatic carbocycles. The summed E-state index contributed by atoms with van der Waals surface area (Å²) in [6.45, 7) is 0. The molecule has 0 atom stereocenters. The van der Waals surface area contributed by atoms with E-state index in [4.69, 9.17) is 0 Å². The third-order valence-electron chi connectivity index (χ3n) is 12.3. The Balaban J connectivity index is 0.892. The van der Waals surface area contributed by atoms with Crippen LogP contribution in [-0.4, -0.2) is 0 Å². The second kappa shape index (κ2) is 17.1. The minimum absolute atomic E-state index is 1.10. The molecule has 0 saturated carbocycles. The van der Waals surface area contributed by atoms with E-state index < -0.39 is 0 Å². The van der Waals surface area contributed by atoms with E-state index in [1.165, 1.54) is 66.1 Å². The van der Waals surface area contributed by atoms with Gasteiger partial charge < -0.3 is 9.80 Å². The molecular formula is C62H44N2. The fourth-order valence-corrected chi connectivity index (χ4v) is 9.15. The maximum atomic E-state index is 2.33. The van der Waals surface area contributed by atoms with Gasteiger partial charge >= 0.3 is 0 Å². The second-order valence-corrected chi connectivity index (χ2v) is 16.1. The summed E-state index contributed by atoms with van der Waals surface area (Å²) in [6.07, 6.45) is 0. The van der Waals surface area contributed by atoms with Crippen molar-refractivity contribution in [1.29, 1.82) is 0 Å². The van der Waals surface area contributed by atoms with E-state index in [1.54, 1.807) is 0 Å². The first-order chi connectivity index (χ1) is 31.7. The van der Waals surface area contributed by atoms with Gasteiger partial charge in [-0.3, -0.25) is 0 Å². The standard InChI is InChI=1S/C62H44N2/c1-3-19-51(20-4-1)63(55-41-33-49(34-42-55)61-27-13-17-45-15-7-9-23-57(45)61)53-37-29-47(30-38-53)59-25-11-12-26-60(59)48-31-39-54(40-32-48)64(52-21-5-2-6-22-52)56-43-35-50(36-44-56)62-28-14-18-46-16-8-10-24-58(46)62/h1-44H. The highest BCUT2D eigenvalue weighted by Gasteiger charge is 2.17. The Bertz CT molecular complexity index is 3100. The second-order valence-electron chi connectivity index (χ2n) is 16.1. The number of hydrogen-bond donors (Lipinski definition) is 0. The molecule has 2 nitrogen and oxygen atoms in total. The van der Waals surface area contributed by atoms with Gasteiger partial charge in [-0.05, 0) is 139 Å². The molecule has 0 aliphatic rings. The summed E-state index contributed by atoms with van der Waals surface area (Å²) in [4.78, 5) is 4.66. The van der Waals surface area contributed by atoms with Crippen molar-refractivity contribution in [3.05, 3.63) is 267 Å². The largest absolute Gasteiger partial charge is 0.311 e. The van der Waals surface area contributed by atoms with E-state index in [1.807, 2.05) is 0 Å². The topological polar surface area (TPSA) is 6.48 Å². The van der Waals surface area contributed by atoms with Crippen LogP contribution in [0.4, 0.5) is 34.1 Å². The van der Waals surface area contributed by atoms with E-state index in [2.05, 4.69) is 277 Å². The lowest BCUT2D eigenvalue weighted by molar-refractivity contribution is 1.28. The highest BCUT2D eigenvalue weighted by Crippen LogP contribution is 2.41. The Morgan fingerprint density at radius 3 is 0.781 bits per heavy atom. The average molecular weight is 817 g/mol. The van der Waals surface area contributed by atoms with Crippen molar-refractivity contribution in [2.24, 2.45) is 0 Å². The molecule has 11 aromatic carbocycles. The zero-order chi connectivity index (χ0) is 42.7. The van der Waals surface area contributed by atoms with Gasteiger partial charge in [0.25, 0.3) is 0 Å². The summed E-state index contributed by atoms with van der Waals surface area (Å²) < 4.78 is 0. The molecule has 0 unspecified atom stereocenters. The van der Waals surface area contributed by atoms with Crippen LogP contribution in [0.25, 0.3) is 66.1 Å². The van der Waals surface area contributed by atoms with Crippen LogP contribution in [0.1, 0.15) is 0 Å². The van der Waals surface area contributed by atoms with Crippen LogP contribution in [0.3, 0.4) is 0 Å². The summed E-state index contributed by atoms with van der Waals surface area (Å²) in [5.41, 5.74) is 16.2. The molecular weight excluding hydrogens is 773 g/mol. The third kappa shape index (κ3) is 7.48. The highest BCUT2D eigenvalue weighted by molar-refractivity contribution is 5.98. The minimum atomic E-state index is 1.10. The van der Waals surface area contributed by atoms with Crippen molar-refractivity contribution in [1.82, 2.24) is 0 Å². The number of benzene rings is 11. The van der Waals surface area contributed by atoms with Crippen molar-refractivity contribution in [3.63, 3.8) is 0 Å². The Hall–Kier alpha value is -8.46. The molecule has 0 N–H and O–H groups in total. The lowest BCUT2D eigenvalue weighted by atomic mass is 9.94. The van der Waals surface area contributed by atoms with Gasteiger partial charge in [-0.15, -0.1) is 0 Å². The average Bonchev–Trinajstić information content (AvgIpc) is 3.38. The molecule has 2 heteroatoms. The maximum absolute atomic E-state index is 2.33. The molecule has 0 radical (unpaired) electrons. The van der Waals surface area contributed by atoms with Crippen LogP contribution in [0.5, 0.6) is 0 Å². The number of para-hydroxylation sites is 2. The maximum Gasteiger partial charge on any atom is 0.0462 e. The first-order valence-corrected chi connectivity index (χ1v) is 21.9. The summed E-state index contributed by atoms with van der Waals surface area (Å²) in [6, 6.07) is 96.1. The SMILES string of the molecule is c1ccc(N(c2ccc(-c3ccccc3-c3ccc(N(c4ccccc4)c4ccc(-c5cccc6ccccc56)cc4)cc3)cc2)c2ccc(-c3cccc4ccccc34)cc2)cc1. The van der Waals surface area contributed by atoms with Crippen LogP contribution < -0.4 is 9.80 Å². The van der Waals surface area contributed by atoms with Gasteiger partial charge in [0.2, 0.25) is 0 Å². The molecule has 0 saturated heterocycles. The lowest BCUT2D eigenvalue weighted by Gasteiger charge is -2.26. The molecule has 0 aromatic heterocycles. The van der Waals surface area contributed by atoms with Gasteiger partial charge in [-0.2, -0.15) is 0 Å². The first-order valence-electron chi connectivity index (χ1n) is 21.9. The molecule has 64 heavy (non-hydrogen) atoms. The quantitative estimate of drug-likeness (QED) is 0.136. The summed E-state index contributed by atoms with van der Waals surface area (Å²) in [5.74, 6) is 0. The Labute approximate surface area is 375 Å². The van der Waals surface area contributed by atoms with E-state index in [-0.39, 0.29) is 0 Å². The van der Waals surface area contributed by atoms with Gasteiger partial charge in [-0.25, -0.2) is 0 Å². The molecule has 11 aromatic rings. The number of anilines is 6. The van der Waals surface area contributed by atoms with Crippen LogP contribution in [0.15, 0.2) is 267 Å². The number of hydrogen-bond acceptors (Lipinski definition) is 2. The van der Waals surface area contributed by atoms with Crippen molar-refractivity contribution in [2.45, 2.75) is 0 Å². The Kier molecular flexibility index (Phi) is 10.3. The van der Waals surface area contributed by atoms with E-state index in [9.17, 15) is 0 Å². The smallest absolute Gasteiger partial charge is 0.0462 e. The fourth-order valence-electron chi connectivity index (χ4n) is 9.15. The fraction of sp³-hybridized carbons (Fsp3) is 0. The lowest BCUT2D eigenvalue weighted by Crippen LogP contribution is -2.09. The molecule has 0 spiro atoms. The normalized spacial score (nSPS) is 11.1. The van der Waals surface area contributed by atoms with E-state index in [0.29, 0.717) is 0 Å².